The molecule has 0 spiro atoms. The molecule has 4 heteroatoms. The number of aliphatic carboxylic acids is 1. The average Bonchev–Trinajstić information content (AvgIpc) is 2.00. The Labute approximate surface area is 77.0 Å². The third-order valence-corrected chi connectivity index (χ3v) is 2.74. The molecule has 0 aromatic rings. The summed E-state index contributed by atoms with van der Waals surface area (Å²) in [6.07, 6.45) is 0.914. The van der Waals surface area contributed by atoms with Crippen LogP contribution in [0.3, 0.4) is 0 Å². The first-order chi connectivity index (χ1) is 5.57. The molecular weight excluding hydrogens is 174 g/mol. The molecule has 0 bridgehead atoms. The zero-order chi connectivity index (χ0) is 9.56. The van der Waals surface area contributed by atoms with Gasteiger partial charge in [-0.25, -0.2) is 4.79 Å². The van der Waals surface area contributed by atoms with E-state index in [-0.39, 0.29) is 5.57 Å². The molecule has 0 rings (SSSR count). The predicted octanol–water partition coefficient (Wildman–Crippen LogP) is 1.10. The Morgan fingerprint density at radius 3 is 2.75 bits per heavy atom. The van der Waals surface area contributed by atoms with Gasteiger partial charge in [-0.15, -0.1) is 0 Å². The largest absolute Gasteiger partial charge is 0.478 e. The number of thioether (sulfide) groups is 1. The number of rotatable bonds is 6. The monoisotopic (exact) mass is 189 g/mol. The minimum Gasteiger partial charge on any atom is -0.478 e. The predicted molar refractivity (Wildman–Crippen MR) is 52.4 cm³/mol. The highest BCUT2D eigenvalue weighted by molar-refractivity contribution is 8.00. The second-order valence-electron chi connectivity index (χ2n) is 2.61. The maximum atomic E-state index is 10.3. The Balaban J connectivity index is 3.54. The van der Waals surface area contributed by atoms with Crippen molar-refractivity contribution >= 4 is 17.7 Å². The number of nitrogens with two attached hydrogens (primary N) is 1. The zero-order valence-electron chi connectivity index (χ0n) is 7.25. The van der Waals surface area contributed by atoms with Crippen LogP contribution in [0.25, 0.3) is 0 Å². The maximum absolute atomic E-state index is 10.3. The number of hydrogen-bond acceptors (Lipinski definition) is 3. The van der Waals surface area contributed by atoms with Gasteiger partial charge in [0.25, 0.3) is 0 Å². The first-order valence-corrected chi connectivity index (χ1v) is 4.85. The second-order valence-corrected chi connectivity index (χ2v) is 4.03. The molecule has 0 aliphatic heterocycles. The SMILES string of the molecule is C=C(CSC(C)CCN)C(=O)O. The molecule has 3 nitrogen and oxygen atoms in total. The smallest absolute Gasteiger partial charge is 0.331 e. The highest BCUT2D eigenvalue weighted by Crippen LogP contribution is 2.15. The normalized spacial score (nSPS) is 12.5. The van der Waals surface area contributed by atoms with Crippen molar-refractivity contribution in [2.24, 2.45) is 5.73 Å². The Kier molecular flexibility index (Phi) is 5.84. The van der Waals surface area contributed by atoms with Crippen LogP contribution in [-0.4, -0.2) is 28.6 Å². The summed E-state index contributed by atoms with van der Waals surface area (Å²) in [4.78, 5) is 10.3. The molecule has 0 amide bonds. The molecule has 3 N–H and O–H groups in total. The van der Waals surface area contributed by atoms with Crippen molar-refractivity contribution in [1.29, 1.82) is 0 Å². The molecule has 0 heterocycles. The van der Waals surface area contributed by atoms with E-state index in [1.807, 2.05) is 6.92 Å². The van der Waals surface area contributed by atoms with E-state index in [1.54, 1.807) is 11.8 Å². The molecule has 0 fully saturated rings. The van der Waals surface area contributed by atoms with E-state index in [4.69, 9.17) is 10.8 Å². The third kappa shape index (κ3) is 5.21. The van der Waals surface area contributed by atoms with Crippen LogP contribution in [0.1, 0.15) is 13.3 Å². The standard InChI is InChI=1S/C8H15NO2S/c1-6(8(10)11)5-12-7(2)3-4-9/h7H,1,3-5,9H2,2H3,(H,10,11). The molecule has 0 aliphatic rings. The molecule has 0 aliphatic carbocycles. The van der Waals surface area contributed by atoms with Gasteiger partial charge in [-0.3, -0.25) is 0 Å². The summed E-state index contributed by atoms with van der Waals surface area (Å²) in [6, 6.07) is 0. The average molecular weight is 189 g/mol. The minimum absolute atomic E-state index is 0.254. The molecular formula is C8H15NO2S. The van der Waals surface area contributed by atoms with E-state index in [2.05, 4.69) is 6.58 Å². The molecule has 0 radical (unpaired) electrons. The first-order valence-electron chi connectivity index (χ1n) is 3.80. The van der Waals surface area contributed by atoms with Gasteiger partial charge in [-0.05, 0) is 13.0 Å². The second kappa shape index (κ2) is 6.08. The Morgan fingerprint density at radius 2 is 2.33 bits per heavy atom. The van der Waals surface area contributed by atoms with Gasteiger partial charge >= 0.3 is 5.97 Å². The lowest BCUT2D eigenvalue weighted by Gasteiger charge is -2.08. The number of carboxylic acids is 1. The van der Waals surface area contributed by atoms with E-state index < -0.39 is 5.97 Å². The van der Waals surface area contributed by atoms with Crippen molar-refractivity contribution in [3.63, 3.8) is 0 Å². The van der Waals surface area contributed by atoms with Crippen molar-refractivity contribution < 1.29 is 9.90 Å². The molecule has 1 unspecified atom stereocenters. The zero-order valence-corrected chi connectivity index (χ0v) is 8.06. The third-order valence-electron chi connectivity index (χ3n) is 1.42. The van der Waals surface area contributed by atoms with Crippen LogP contribution in [0, 0.1) is 0 Å². The topological polar surface area (TPSA) is 63.3 Å². The van der Waals surface area contributed by atoms with Gasteiger partial charge in [0.05, 0.1) is 0 Å². The fourth-order valence-corrected chi connectivity index (χ4v) is 1.53. The fraction of sp³-hybridized carbons (Fsp3) is 0.625. The molecule has 0 saturated carbocycles. The van der Waals surface area contributed by atoms with Gasteiger partial charge < -0.3 is 10.8 Å². The van der Waals surface area contributed by atoms with Gasteiger partial charge in [0.2, 0.25) is 0 Å². The van der Waals surface area contributed by atoms with Crippen LogP contribution in [0.2, 0.25) is 0 Å². The van der Waals surface area contributed by atoms with E-state index in [1.165, 1.54) is 0 Å². The molecule has 70 valence electrons. The first kappa shape index (κ1) is 11.5. The molecule has 0 aromatic carbocycles. The summed E-state index contributed by atoms with van der Waals surface area (Å²) < 4.78 is 0. The molecule has 0 aromatic heterocycles. The summed E-state index contributed by atoms with van der Waals surface area (Å²) in [5.41, 5.74) is 5.60. The van der Waals surface area contributed by atoms with E-state index >= 15 is 0 Å². The number of hydrogen-bond donors (Lipinski definition) is 2. The lowest BCUT2D eigenvalue weighted by atomic mass is 10.3. The lowest BCUT2D eigenvalue weighted by Crippen LogP contribution is -2.09. The summed E-state index contributed by atoms with van der Waals surface area (Å²) in [5, 5.41) is 8.90. The van der Waals surface area contributed by atoms with Crippen LogP contribution in [0.15, 0.2) is 12.2 Å². The Hall–Kier alpha value is -0.480. The molecule has 12 heavy (non-hydrogen) atoms. The molecule has 1 atom stereocenters. The summed E-state index contributed by atoms with van der Waals surface area (Å²) in [7, 11) is 0. The Morgan fingerprint density at radius 1 is 1.75 bits per heavy atom. The summed E-state index contributed by atoms with van der Waals surface area (Å²) in [6.45, 7) is 6.12. The van der Waals surface area contributed by atoms with E-state index in [0.29, 0.717) is 17.5 Å². The highest BCUT2D eigenvalue weighted by Gasteiger charge is 2.06. The number of carbonyl (C=O) groups is 1. The quantitative estimate of drug-likeness (QED) is 0.614. The van der Waals surface area contributed by atoms with Crippen LogP contribution in [0.5, 0.6) is 0 Å². The van der Waals surface area contributed by atoms with E-state index in [9.17, 15) is 4.79 Å². The van der Waals surface area contributed by atoms with Crippen molar-refractivity contribution in [3.05, 3.63) is 12.2 Å². The number of carboxylic acid groups (broad SMARTS) is 1. The van der Waals surface area contributed by atoms with Crippen molar-refractivity contribution in [2.75, 3.05) is 12.3 Å². The van der Waals surface area contributed by atoms with Gasteiger partial charge in [0.1, 0.15) is 0 Å². The van der Waals surface area contributed by atoms with Crippen LogP contribution in [-0.2, 0) is 4.79 Å². The van der Waals surface area contributed by atoms with E-state index in [0.717, 1.165) is 6.42 Å². The van der Waals surface area contributed by atoms with Gasteiger partial charge in [-0.1, -0.05) is 13.5 Å². The van der Waals surface area contributed by atoms with Crippen LogP contribution in [0.4, 0.5) is 0 Å². The summed E-state index contributed by atoms with van der Waals surface area (Å²) >= 11 is 1.58. The lowest BCUT2D eigenvalue weighted by molar-refractivity contribution is -0.132. The summed E-state index contributed by atoms with van der Waals surface area (Å²) in [5.74, 6) is -0.432. The molecule has 0 saturated heterocycles. The maximum Gasteiger partial charge on any atom is 0.331 e. The van der Waals surface area contributed by atoms with Crippen molar-refractivity contribution in [2.45, 2.75) is 18.6 Å². The highest BCUT2D eigenvalue weighted by atomic mass is 32.2. The Bertz CT molecular complexity index is 170. The minimum atomic E-state index is -0.914. The van der Waals surface area contributed by atoms with Crippen LogP contribution < -0.4 is 5.73 Å². The van der Waals surface area contributed by atoms with Gasteiger partial charge in [0, 0.05) is 16.6 Å². The van der Waals surface area contributed by atoms with Gasteiger partial charge in [0.15, 0.2) is 0 Å². The van der Waals surface area contributed by atoms with Crippen molar-refractivity contribution in [3.8, 4) is 0 Å². The van der Waals surface area contributed by atoms with Gasteiger partial charge in [-0.2, -0.15) is 11.8 Å². The van der Waals surface area contributed by atoms with Crippen LogP contribution >= 0.6 is 11.8 Å². The van der Waals surface area contributed by atoms with Crippen molar-refractivity contribution in [1.82, 2.24) is 0 Å². The fourth-order valence-electron chi connectivity index (χ4n) is 0.623.